The van der Waals surface area contributed by atoms with Crippen LogP contribution >= 0.6 is 11.8 Å². The lowest BCUT2D eigenvalue weighted by molar-refractivity contribution is -0.119. The van der Waals surface area contributed by atoms with Crippen LogP contribution in [0.25, 0.3) is 0 Å². The molecule has 1 aromatic rings. The predicted octanol–water partition coefficient (Wildman–Crippen LogP) is 2.89. The summed E-state index contributed by atoms with van der Waals surface area (Å²) in [5.74, 6) is -0.419. The van der Waals surface area contributed by atoms with Crippen LogP contribution in [0.2, 0.25) is 0 Å². The zero-order valence-corrected chi connectivity index (χ0v) is 9.52. The summed E-state index contributed by atoms with van der Waals surface area (Å²) in [7, 11) is 0. The minimum absolute atomic E-state index is 0.0810. The van der Waals surface area contributed by atoms with E-state index in [0.29, 0.717) is 6.42 Å². The van der Waals surface area contributed by atoms with Crippen molar-refractivity contribution in [2.75, 3.05) is 0 Å². The molecule has 0 aliphatic heterocycles. The van der Waals surface area contributed by atoms with Gasteiger partial charge in [0, 0.05) is 10.8 Å². The second-order valence-corrected chi connectivity index (χ2v) is 5.11. The summed E-state index contributed by atoms with van der Waals surface area (Å²) in [4.78, 5) is 11.0. The average molecular weight is 261 g/mol. The molecular formula is C11H10F3NOS. The minimum Gasteiger partial charge on any atom is -0.369 e. The lowest BCUT2D eigenvalue weighted by Crippen LogP contribution is -2.13. The van der Waals surface area contributed by atoms with Gasteiger partial charge in [0.15, 0.2) is 0 Å². The molecule has 1 fully saturated rings. The number of benzene rings is 1. The van der Waals surface area contributed by atoms with Gasteiger partial charge in [0.1, 0.15) is 0 Å². The quantitative estimate of drug-likeness (QED) is 0.850. The monoisotopic (exact) mass is 261 g/mol. The Morgan fingerprint density at radius 3 is 2.29 bits per heavy atom. The molecule has 2 atom stereocenters. The Hall–Kier alpha value is -1.17. The van der Waals surface area contributed by atoms with E-state index < -0.39 is 5.51 Å². The molecule has 6 heteroatoms. The summed E-state index contributed by atoms with van der Waals surface area (Å²) in [6.45, 7) is 0. The second kappa shape index (κ2) is 4.25. The molecule has 17 heavy (non-hydrogen) atoms. The molecule has 0 saturated heterocycles. The van der Waals surface area contributed by atoms with Crippen LogP contribution < -0.4 is 5.73 Å². The van der Waals surface area contributed by atoms with Gasteiger partial charge in [-0.1, -0.05) is 12.1 Å². The van der Waals surface area contributed by atoms with Crippen molar-refractivity contribution in [1.29, 1.82) is 0 Å². The van der Waals surface area contributed by atoms with Gasteiger partial charge in [-0.3, -0.25) is 4.79 Å². The van der Waals surface area contributed by atoms with Crippen LogP contribution in [0.15, 0.2) is 29.2 Å². The van der Waals surface area contributed by atoms with E-state index in [1.54, 1.807) is 12.1 Å². The van der Waals surface area contributed by atoms with Crippen LogP contribution in [0.5, 0.6) is 0 Å². The molecule has 1 aliphatic rings. The summed E-state index contributed by atoms with van der Waals surface area (Å²) in [5, 5.41) is 0. The summed E-state index contributed by atoms with van der Waals surface area (Å²) in [6, 6.07) is 6.09. The Labute approximate surface area is 100 Å². The molecular weight excluding hydrogens is 251 g/mol. The molecule has 2 unspecified atom stereocenters. The van der Waals surface area contributed by atoms with Gasteiger partial charge in [-0.25, -0.2) is 0 Å². The van der Waals surface area contributed by atoms with Crippen LogP contribution in [0.4, 0.5) is 13.2 Å². The van der Waals surface area contributed by atoms with Crippen molar-refractivity contribution in [2.45, 2.75) is 22.7 Å². The molecule has 0 aromatic heterocycles. The fourth-order valence-electron chi connectivity index (χ4n) is 1.79. The van der Waals surface area contributed by atoms with Crippen LogP contribution in [0, 0.1) is 5.92 Å². The van der Waals surface area contributed by atoms with Gasteiger partial charge >= 0.3 is 5.51 Å². The normalized spacial score (nSPS) is 23.5. The van der Waals surface area contributed by atoms with E-state index >= 15 is 0 Å². The third-order valence-corrected chi connectivity index (χ3v) is 3.44. The maximum Gasteiger partial charge on any atom is 0.446 e. The number of hydrogen-bond acceptors (Lipinski definition) is 2. The van der Waals surface area contributed by atoms with Crippen LogP contribution in [-0.4, -0.2) is 11.4 Å². The Kier molecular flexibility index (Phi) is 3.07. The SMILES string of the molecule is NC(=O)C1CC1c1ccc(SC(F)(F)F)cc1. The van der Waals surface area contributed by atoms with Gasteiger partial charge in [0.2, 0.25) is 5.91 Å². The van der Waals surface area contributed by atoms with E-state index in [2.05, 4.69) is 0 Å². The standard InChI is InChI=1S/C11H10F3NOS/c12-11(13,14)17-7-3-1-6(2-4-7)8-5-9(8)10(15)16/h1-4,8-9H,5H2,(H2,15,16). The topological polar surface area (TPSA) is 43.1 Å². The minimum atomic E-state index is -4.27. The number of thioether (sulfide) groups is 1. The number of primary amides is 1. The Morgan fingerprint density at radius 1 is 1.29 bits per heavy atom. The van der Waals surface area contributed by atoms with Crippen LogP contribution in [0.1, 0.15) is 17.9 Å². The van der Waals surface area contributed by atoms with E-state index in [1.807, 2.05) is 0 Å². The Balaban J connectivity index is 2.02. The van der Waals surface area contributed by atoms with Crippen LogP contribution in [-0.2, 0) is 4.79 Å². The predicted molar refractivity (Wildman–Crippen MR) is 58.4 cm³/mol. The fraction of sp³-hybridized carbons (Fsp3) is 0.364. The highest BCUT2D eigenvalue weighted by atomic mass is 32.2. The molecule has 92 valence electrons. The average Bonchev–Trinajstić information content (AvgIpc) is 2.96. The third-order valence-electron chi connectivity index (χ3n) is 2.70. The molecule has 1 saturated carbocycles. The molecule has 2 N–H and O–H groups in total. The van der Waals surface area contributed by atoms with Gasteiger partial charge in [0.05, 0.1) is 0 Å². The first-order chi connectivity index (χ1) is 7.87. The smallest absolute Gasteiger partial charge is 0.369 e. The summed E-state index contributed by atoms with van der Waals surface area (Å²) >= 11 is -0.143. The Bertz CT molecular complexity index is 429. The van der Waals surface area contributed by atoms with Crippen molar-refractivity contribution in [3.8, 4) is 0 Å². The van der Waals surface area contributed by atoms with Gasteiger partial charge in [-0.2, -0.15) is 13.2 Å². The van der Waals surface area contributed by atoms with Crippen molar-refractivity contribution in [3.05, 3.63) is 29.8 Å². The lowest BCUT2D eigenvalue weighted by Gasteiger charge is -2.06. The number of halogens is 3. The molecule has 1 amide bonds. The van der Waals surface area contributed by atoms with Crippen LogP contribution in [0.3, 0.4) is 0 Å². The molecule has 2 nitrogen and oxygen atoms in total. The molecule has 0 radical (unpaired) electrons. The number of amides is 1. The number of hydrogen-bond donors (Lipinski definition) is 1. The fourth-order valence-corrected chi connectivity index (χ4v) is 2.33. The number of nitrogens with two attached hydrogens (primary N) is 1. The van der Waals surface area contributed by atoms with Crippen molar-refractivity contribution in [2.24, 2.45) is 11.7 Å². The van der Waals surface area contributed by atoms with Gasteiger partial charge < -0.3 is 5.73 Å². The number of carbonyl (C=O) groups is 1. The van der Waals surface area contributed by atoms with E-state index in [-0.39, 0.29) is 34.4 Å². The van der Waals surface area contributed by atoms with Crippen molar-refractivity contribution < 1.29 is 18.0 Å². The summed E-state index contributed by atoms with van der Waals surface area (Å²) in [6.07, 6.45) is 0.696. The second-order valence-electron chi connectivity index (χ2n) is 3.97. The van der Waals surface area contributed by atoms with Gasteiger partial charge in [-0.15, -0.1) is 0 Å². The molecule has 0 bridgehead atoms. The summed E-state index contributed by atoms with van der Waals surface area (Å²) in [5.41, 5.74) is 1.76. The van der Waals surface area contributed by atoms with Gasteiger partial charge in [0.25, 0.3) is 0 Å². The number of rotatable bonds is 3. The first kappa shape index (κ1) is 12.3. The van der Waals surface area contributed by atoms with E-state index in [1.165, 1.54) is 12.1 Å². The zero-order chi connectivity index (χ0) is 12.6. The first-order valence-electron chi connectivity index (χ1n) is 5.02. The highest BCUT2D eigenvalue weighted by Gasteiger charge is 2.42. The van der Waals surface area contributed by atoms with Gasteiger partial charge in [-0.05, 0) is 41.8 Å². The number of carbonyl (C=O) groups excluding carboxylic acids is 1. The maximum atomic E-state index is 12.1. The molecule has 0 spiro atoms. The third kappa shape index (κ3) is 3.15. The maximum absolute atomic E-state index is 12.1. The van der Waals surface area contributed by atoms with E-state index in [9.17, 15) is 18.0 Å². The number of alkyl halides is 3. The lowest BCUT2D eigenvalue weighted by atomic mass is 10.1. The van der Waals surface area contributed by atoms with Crippen molar-refractivity contribution in [1.82, 2.24) is 0 Å². The van der Waals surface area contributed by atoms with Crippen molar-refractivity contribution >= 4 is 17.7 Å². The summed E-state index contributed by atoms with van der Waals surface area (Å²) < 4.78 is 36.2. The first-order valence-corrected chi connectivity index (χ1v) is 5.83. The molecule has 1 aliphatic carbocycles. The molecule has 2 rings (SSSR count). The largest absolute Gasteiger partial charge is 0.446 e. The highest BCUT2D eigenvalue weighted by molar-refractivity contribution is 8.00. The molecule has 1 aromatic carbocycles. The van der Waals surface area contributed by atoms with E-state index in [4.69, 9.17) is 5.73 Å². The van der Waals surface area contributed by atoms with Crippen molar-refractivity contribution in [3.63, 3.8) is 0 Å². The highest BCUT2D eigenvalue weighted by Crippen LogP contribution is 2.47. The van der Waals surface area contributed by atoms with E-state index in [0.717, 1.165) is 5.56 Å². The molecule has 0 heterocycles. The Morgan fingerprint density at radius 2 is 1.88 bits per heavy atom. The zero-order valence-electron chi connectivity index (χ0n) is 8.70.